The lowest BCUT2D eigenvalue weighted by molar-refractivity contribution is -0.139. The maximum Gasteiger partial charge on any atom is 0.385 e. The van der Waals surface area contributed by atoms with Crippen molar-refractivity contribution in [3.63, 3.8) is 0 Å². The lowest BCUT2D eigenvalue weighted by Crippen LogP contribution is -2.14. The molecule has 0 aliphatic rings. The summed E-state index contributed by atoms with van der Waals surface area (Å²) in [6, 6.07) is 0. The number of ether oxygens (including phenoxy) is 10. The zero-order valence-corrected chi connectivity index (χ0v) is 22.6. The fourth-order valence-corrected chi connectivity index (χ4v) is 2.23. The lowest BCUT2D eigenvalue weighted by atomic mass is 10.5. The number of rotatable bonds is 26. The lowest BCUT2D eigenvalue weighted by Gasteiger charge is -2.07. The Hall–Kier alpha value is -2.26. The summed E-state index contributed by atoms with van der Waals surface area (Å²) in [6.07, 6.45) is 0. The molecule has 0 spiro atoms. The van der Waals surface area contributed by atoms with E-state index in [1.807, 2.05) is 13.8 Å². The highest BCUT2D eigenvalue weighted by molar-refractivity contribution is 5.91. The van der Waals surface area contributed by atoms with Gasteiger partial charge in [-0.3, -0.25) is 0 Å². The van der Waals surface area contributed by atoms with Gasteiger partial charge >= 0.3 is 11.9 Å². The van der Waals surface area contributed by atoms with E-state index in [9.17, 15) is 9.59 Å². The van der Waals surface area contributed by atoms with Crippen LogP contribution in [0.2, 0.25) is 0 Å². The molecule has 0 bridgehead atoms. The van der Waals surface area contributed by atoms with Crippen LogP contribution in [0.3, 0.4) is 0 Å². The normalized spacial score (nSPS) is 10.3. The summed E-state index contributed by atoms with van der Waals surface area (Å²) in [7, 11) is 0. The Morgan fingerprint density at radius 3 is 0.895 bits per heavy atom. The second-order valence-corrected chi connectivity index (χ2v) is 6.84. The average Bonchev–Trinajstić information content (AvgIpc) is 2.92. The number of carbonyl (C=O) groups is 2. The van der Waals surface area contributed by atoms with E-state index >= 15 is 0 Å². The largest absolute Gasteiger partial charge is 0.454 e. The zero-order valence-electron chi connectivity index (χ0n) is 22.6. The first-order chi connectivity index (χ1) is 18.7. The summed E-state index contributed by atoms with van der Waals surface area (Å²) in [5.74, 6) is 7.21. The molecule has 0 amide bonds. The molecule has 0 saturated carbocycles. The predicted molar refractivity (Wildman–Crippen MR) is 135 cm³/mol. The van der Waals surface area contributed by atoms with Crippen LogP contribution >= 0.6 is 0 Å². The van der Waals surface area contributed by atoms with Gasteiger partial charge in [0, 0.05) is 25.1 Å². The molecule has 0 radical (unpaired) electrons. The Balaban J connectivity index is 3.49. The fraction of sp³-hybridized carbons (Fsp3) is 0.769. The molecule has 0 aromatic carbocycles. The van der Waals surface area contributed by atoms with Gasteiger partial charge < -0.3 is 47.4 Å². The van der Waals surface area contributed by atoms with Crippen molar-refractivity contribution in [1.29, 1.82) is 0 Å². The Morgan fingerprint density at radius 1 is 0.395 bits per heavy atom. The van der Waals surface area contributed by atoms with Crippen molar-refractivity contribution in [1.82, 2.24) is 0 Å². The third kappa shape index (κ3) is 30.0. The van der Waals surface area contributed by atoms with E-state index in [0.717, 1.165) is 0 Å². The van der Waals surface area contributed by atoms with Crippen molar-refractivity contribution in [2.24, 2.45) is 0 Å². The minimum Gasteiger partial charge on any atom is -0.454 e. The van der Waals surface area contributed by atoms with Gasteiger partial charge in [-0.25, -0.2) is 9.59 Å². The molecule has 0 N–H and O–H groups in total. The minimum atomic E-state index is -0.774. The third-order valence-corrected chi connectivity index (χ3v) is 3.95. The van der Waals surface area contributed by atoms with E-state index in [2.05, 4.69) is 23.7 Å². The van der Waals surface area contributed by atoms with Crippen LogP contribution in [0.5, 0.6) is 0 Å². The molecule has 0 aromatic rings. The molecule has 0 aromatic heterocycles. The van der Waals surface area contributed by atoms with Crippen LogP contribution in [-0.2, 0) is 57.0 Å². The van der Waals surface area contributed by atoms with E-state index in [-0.39, 0.29) is 26.4 Å². The van der Waals surface area contributed by atoms with Crippen LogP contribution < -0.4 is 0 Å². The minimum absolute atomic E-state index is 0.0385. The fourth-order valence-electron chi connectivity index (χ4n) is 2.23. The summed E-state index contributed by atoms with van der Waals surface area (Å²) < 4.78 is 51.8. The van der Waals surface area contributed by atoms with Gasteiger partial charge in [0.05, 0.1) is 92.5 Å². The number of hydrogen-bond acceptors (Lipinski definition) is 12. The summed E-state index contributed by atoms with van der Waals surface area (Å²) >= 11 is 0. The summed E-state index contributed by atoms with van der Waals surface area (Å²) in [5.41, 5.74) is 0. The average molecular weight is 547 g/mol. The molecule has 0 aliphatic heterocycles. The summed E-state index contributed by atoms with van der Waals surface area (Å²) in [5, 5.41) is 0. The van der Waals surface area contributed by atoms with Crippen molar-refractivity contribution >= 4 is 11.9 Å². The van der Waals surface area contributed by atoms with Crippen LogP contribution in [0.15, 0.2) is 0 Å². The molecular weight excluding hydrogens is 504 g/mol. The van der Waals surface area contributed by atoms with Gasteiger partial charge in [-0.05, 0) is 25.7 Å². The Morgan fingerprint density at radius 2 is 0.632 bits per heavy atom. The van der Waals surface area contributed by atoms with E-state index < -0.39 is 11.9 Å². The Kier molecular flexibility index (Phi) is 29.1. The highest BCUT2D eigenvalue weighted by Crippen LogP contribution is 1.86. The van der Waals surface area contributed by atoms with Gasteiger partial charge in [0.2, 0.25) is 0 Å². The molecular formula is C26H42O12. The first kappa shape index (κ1) is 35.7. The monoisotopic (exact) mass is 546 g/mol. The van der Waals surface area contributed by atoms with Crippen LogP contribution in [0.1, 0.15) is 13.8 Å². The van der Waals surface area contributed by atoms with Gasteiger partial charge in [-0.1, -0.05) is 0 Å². The predicted octanol–water partition coefficient (Wildman–Crippen LogP) is 0.252. The van der Waals surface area contributed by atoms with Crippen LogP contribution in [0.4, 0.5) is 0 Å². The van der Waals surface area contributed by atoms with Gasteiger partial charge in [0.25, 0.3) is 0 Å². The molecule has 0 fully saturated rings. The zero-order chi connectivity index (χ0) is 27.8. The first-order valence-corrected chi connectivity index (χ1v) is 12.7. The van der Waals surface area contributed by atoms with Crippen LogP contribution in [-0.4, -0.2) is 131 Å². The molecule has 0 saturated heterocycles. The first-order valence-electron chi connectivity index (χ1n) is 12.7. The maximum absolute atomic E-state index is 11.5. The molecule has 38 heavy (non-hydrogen) atoms. The SMILES string of the molecule is CCOCCOCCOCCOCCOC(=O)C#CC#CC(=O)OCCOCCOCCOCCOCC. The molecule has 0 atom stereocenters. The molecule has 12 nitrogen and oxygen atoms in total. The highest BCUT2D eigenvalue weighted by Gasteiger charge is 1.99. The number of esters is 2. The van der Waals surface area contributed by atoms with E-state index in [0.29, 0.717) is 92.5 Å². The molecule has 0 aliphatic carbocycles. The Labute approximate surface area is 225 Å². The summed E-state index contributed by atoms with van der Waals surface area (Å²) in [4.78, 5) is 23.0. The van der Waals surface area contributed by atoms with E-state index in [4.69, 9.17) is 47.4 Å². The molecule has 0 unspecified atom stereocenters. The number of hydrogen-bond donors (Lipinski definition) is 0. The van der Waals surface area contributed by atoms with Crippen LogP contribution in [0, 0.1) is 23.7 Å². The van der Waals surface area contributed by atoms with Crippen LogP contribution in [0.25, 0.3) is 0 Å². The standard InChI is InChI=1S/C26H42O12/c1-3-29-9-11-31-13-15-33-17-19-35-21-23-37-25(27)7-5-6-8-26(28)38-24-22-36-20-18-34-16-14-32-12-10-30-4-2/h3-4,9-24H2,1-2H3. The van der Waals surface area contributed by atoms with E-state index in [1.54, 1.807) is 0 Å². The molecule has 218 valence electrons. The Bertz CT molecular complexity index is 619. The van der Waals surface area contributed by atoms with Crippen molar-refractivity contribution in [3.8, 4) is 23.7 Å². The van der Waals surface area contributed by atoms with Gasteiger partial charge in [-0.2, -0.15) is 0 Å². The molecule has 12 heteroatoms. The van der Waals surface area contributed by atoms with Gasteiger partial charge in [0.15, 0.2) is 0 Å². The van der Waals surface area contributed by atoms with Gasteiger partial charge in [0.1, 0.15) is 13.2 Å². The van der Waals surface area contributed by atoms with Crippen molar-refractivity contribution in [2.45, 2.75) is 13.8 Å². The van der Waals surface area contributed by atoms with Gasteiger partial charge in [-0.15, -0.1) is 0 Å². The second kappa shape index (κ2) is 31.0. The summed E-state index contributed by atoms with van der Waals surface area (Å²) in [6.45, 7) is 11.3. The third-order valence-electron chi connectivity index (χ3n) is 3.95. The topological polar surface area (TPSA) is 126 Å². The van der Waals surface area contributed by atoms with Crippen molar-refractivity contribution in [3.05, 3.63) is 0 Å². The maximum atomic E-state index is 11.5. The quantitative estimate of drug-likeness (QED) is 0.0639. The highest BCUT2D eigenvalue weighted by atomic mass is 16.6. The van der Waals surface area contributed by atoms with Crippen molar-refractivity contribution < 1.29 is 57.0 Å². The number of carbonyl (C=O) groups excluding carboxylic acids is 2. The molecule has 0 heterocycles. The van der Waals surface area contributed by atoms with E-state index in [1.165, 1.54) is 0 Å². The second-order valence-electron chi connectivity index (χ2n) is 6.84. The van der Waals surface area contributed by atoms with Crippen molar-refractivity contribution in [2.75, 3.05) is 119 Å². The smallest absolute Gasteiger partial charge is 0.385 e. The molecule has 0 rings (SSSR count).